The molecule has 0 saturated heterocycles. The minimum Gasteiger partial charge on any atom is -0.359 e. The molecule has 0 aromatic carbocycles. The molecule has 5 nitrogen and oxygen atoms in total. The van der Waals surface area contributed by atoms with E-state index in [4.69, 9.17) is 5.73 Å². The van der Waals surface area contributed by atoms with Crippen molar-refractivity contribution in [3.05, 3.63) is 23.9 Å². The second-order valence-electron chi connectivity index (χ2n) is 4.09. The highest BCUT2D eigenvalue weighted by Gasteiger charge is 2.14. The van der Waals surface area contributed by atoms with Crippen molar-refractivity contribution in [1.29, 1.82) is 0 Å². The van der Waals surface area contributed by atoms with E-state index in [0.717, 1.165) is 11.5 Å². The van der Waals surface area contributed by atoms with Gasteiger partial charge in [-0.05, 0) is 12.1 Å². The van der Waals surface area contributed by atoms with Gasteiger partial charge in [0.2, 0.25) is 5.91 Å². The molecule has 0 spiro atoms. The maximum absolute atomic E-state index is 11.4. The van der Waals surface area contributed by atoms with E-state index < -0.39 is 0 Å². The Balaban J connectivity index is 2.68. The number of aromatic nitrogens is 1. The SMILES string of the molecule is CNC(=O)C(C)CN(C)c1cccc(CN)n1. The zero-order valence-corrected chi connectivity index (χ0v) is 10.6. The van der Waals surface area contributed by atoms with Crippen molar-refractivity contribution in [3.63, 3.8) is 0 Å². The summed E-state index contributed by atoms with van der Waals surface area (Å²) in [7, 11) is 3.56. The Kier molecular flexibility index (Phi) is 4.90. The summed E-state index contributed by atoms with van der Waals surface area (Å²) < 4.78 is 0. The third-order valence-electron chi connectivity index (χ3n) is 2.63. The second-order valence-corrected chi connectivity index (χ2v) is 4.09. The van der Waals surface area contributed by atoms with E-state index in [-0.39, 0.29) is 11.8 Å². The van der Waals surface area contributed by atoms with E-state index in [0.29, 0.717) is 13.1 Å². The average molecular weight is 236 g/mol. The number of nitrogens with two attached hydrogens (primary N) is 1. The van der Waals surface area contributed by atoms with Crippen LogP contribution in [0, 0.1) is 5.92 Å². The number of rotatable bonds is 5. The highest BCUT2D eigenvalue weighted by atomic mass is 16.1. The normalized spacial score (nSPS) is 12.0. The van der Waals surface area contributed by atoms with Crippen LogP contribution < -0.4 is 16.0 Å². The largest absolute Gasteiger partial charge is 0.359 e. The lowest BCUT2D eigenvalue weighted by molar-refractivity contribution is -0.123. The van der Waals surface area contributed by atoms with E-state index >= 15 is 0 Å². The number of carbonyl (C=O) groups is 1. The first-order valence-corrected chi connectivity index (χ1v) is 5.67. The standard InChI is InChI=1S/C12H20N4O/c1-9(12(17)14-2)8-16(3)11-6-4-5-10(7-13)15-11/h4-6,9H,7-8,13H2,1-3H3,(H,14,17). The van der Waals surface area contributed by atoms with Crippen molar-refractivity contribution in [1.82, 2.24) is 10.3 Å². The molecule has 1 aromatic rings. The fourth-order valence-electron chi connectivity index (χ4n) is 1.63. The molecule has 94 valence electrons. The summed E-state index contributed by atoms with van der Waals surface area (Å²) in [5.74, 6) is 0.795. The van der Waals surface area contributed by atoms with Crippen molar-refractivity contribution in [2.75, 3.05) is 25.5 Å². The van der Waals surface area contributed by atoms with Crippen LogP contribution in [0.4, 0.5) is 5.82 Å². The molecule has 1 heterocycles. The van der Waals surface area contributed by atoms with Gasteiger partial charge in [-0.1, -0.05) is 13.0 Å². The lowest BCUT2D eigenvalue weighted by Gasteiger charge is -2.22. The zero-order chi connectivity index (χ0) is 12.8. The minimum absolute atomic E-state index is 0.0341. The van der Waals surface area contributed by atoms with E-state index in [1.165, 1.54) is 0 Å². The molecule has 0 radical (unpaired) electrons. The number of hydrogen-bond donors (Lipinski definition) is 2. The molecule has 1 amide bonds. The van der Waals surface area contributed by atoms with Gasteiger partial charge in [-0.2, -0.15) is 0 Å². The van der Waals surface area contributed by atoms with E-state index in [1.807, 2.05) is 37.1 Å². The molecule has 17 heavy (non-hydrogen) atoms. The molecular weight excluding hydrogens is 216 g/mol. The fourth-order valence-corrected chi connectivity index (χ4v) is 1.63. The van der Waals surface area contributed by atoms with Gasteiger partial charge in [0.1, 0.15) is 5.82 Å². The number of hydrogen-bond acceptors (Lipinski definition) is 4. The fraction of sp³-hybridized carbons (Fsp3) is 0.500. The van der Waals surface area contributed by atoms with Crippen LogP contribution in [0.3, 0.4) is 0 Å². The molecule has 0 bridgehead atoms. The van der Waals surface area contributed by atoms with Crippen molar-refractivity contribution >= 4 is 11.7 Å². The summed E-state index contributed by atoms with van der Waals surface area (Å²) in [6.45, 7) is 2.94. The molecular formula is C12H20N4O. The first-order valence-electron chi connectivity index (χ1n) is 5.67. The Morgan fingerprint density at radius 1 is 1.59 bits per heavy atom. The van der Waals surface area contributed by atoms with Gasteiger partial charge in [0, 0.05) is 27.2 Å². The molecule has 0 aliphatic heterocycles. The van der Waals surface area contributed by atoms with Crippen LogP contribution in [-0.4, -0.2) is 31.5 Å². The highest BCUT2D eigenvalue weighted by Crippen LogP contribution is 2.11. The van der Waals surface area contributed by atoms with Crippen molar-refractivity contribution in [2.45, 2.75) is 13.5 Å². The van der Waals surface area contributed by atoms with E-state index in [2.05, 4.69) is 10.3 Å². The van der Waals surface area contributed by atoms with Crippen LogP contribution in [0.25, 0.3) is 0 Å². The van der Waals surface area contributed by atoms with Gasteiger partial charge in [0.25, 0.3) is 0 Å². The van der Waals surface area contributed by atoms with Crippen molar-refractivity contribution in [3.8, 4) is 0 Å². The van der Waals surface area contributed by atoms with Crippen LogP contribution in [0.2, 0.25) is 0 Å². The molecule has 0 saturated carbocycles. The topological polar surface area (TPSA) is 71.2 Å². The van der Waals surface area contributed by atoms with Crippen molar-refractivity contribution < 1.29 is 4.79 Å². The zero-order valence-electron chi connectivity index (χ0n) is 10.6. The molecule has 1 aromatic heterocycles. The highest BCUT2D eigenvalue weighted by molar-refractivity contribution is 5.78. The van der Waals surface area contributed by atoms with E-state index in [1.54, 1.807) is 7.05 Å². The van der Waals surface area contributed by atoms with Crippen molar-refractivity contribution in [2.24, 2.45) is 11.7 Å². The first kappa shape index (κ1) is 13.4. The Labute approximate surface area is 102 Å². The third-order valence-corrected chi connectivity index (χ3v) is 2.63. The van der Waals surface area contributed by atoms with Crippen LogP contribution in [0.1, 0.15) is 12.6 Å². The maximum Gasteiger partial charge on any atom is 0.224 e. The van der Waals surface area contributed by atoms with Gasteiger partial charge in [0.05, 0.1) is 11.6 Å². The van der Waals surface area contributed by atoms with Crippen LogP contribution in [0.15, 0.2) is 18.2 Å². The predicted molar refractivity (Wildman–Crippen MR) is 68.6 cm³/mol. The Morgan fingerprint density at radius 2 is 2.29 bits per heavy atom. The molecule has 5 heteroatoms. The quantitative estimate of drug-likeness (QED) is 0.774. The van der Waals surface area contributed by atoms with Crippen LogP contribution in [0.5, 0.6) is 0 Å². The smallest absolute Gasteiger partial charge is 0.224 e. The summed E-state index contributed by atoms with van der Waals surface area (Å²) >= 11 is 0. The van der Waals surface area contributed by atoms with Crippen LogP contribution >= 0.6 is 0 Å². The molecule has 1 atom stereocenters. The molecule has 1 unspecified atom stereocenters. The van der Waals surface area contributed by atoms with Gasteiger partial charge in [-0.25, -0.2) is 4.98 Å². The molecule has 0 aliphatic rings. The molecule has 0 aliphatic carbocycles. The number of pyridine rings is 1. The van der Waals surface area contributed by atoms with E-state index in [9.17, 15) is 4.79 Å². The lowest BCUT2D eigenvalue weighted by atomic mass is 10.1. The van der Waals surface area contributed by atoms with Crippen LogP contribution in [-0.2, 0) is 11.3 Å². The minimum atomic E-state index is -0.0756. The lowest BCUT2D eigenvalue weighted by Crippen LogP contribution is -2.34. The Morgan fingerprint density at radius 3 is 2.88 bits per heavy atom. The summed E-state index contributed by atoms with van der Waals surface area (Å²) in [5, 5.41) is 2.64. The van der Waals surface area contributed by atoms with Gasteiger partial charge >= 0.3 is 0 Å². The number of nitrogens with zero attached hydrogens (tertiary/aromatic N) is 2. The number of nitrogens with one attached hydrogen (secondary N) is 1. The number of amides is 1. The maximum atomic E-state index is 11.4. The van der Waals surface area contributed by atoms with Gasteiger partial charge in [-0.15, -0.1) is 0 Å². The molecule has 3 N–H and O–H groups in total. The predicted octanol–water partition coefficient (Wildman–Crippen LogP) is 0.359. The van der Waals surface area contributed by atoms with Gasteiger partial charge in [-0.3, -0.25) is 4.79 Å². The number of carbonyl (C=O) groups excluding carboxylic acids is 1. The molecule has 1 rings (SSSR count). The van der Waals surface area contributed by atoms with Gasteiger partial charge < -0.3 is 16.0 Å². The Hall–Kier alpha value is -1.62. The summed E-state index contributed by atoms with van der Waals surface area (Å²) in [5.41, 5.74) is 6.39. The summed E-state index contributed by atoms with van der Waals surface area (Å²) in [6.07, 6.45) is 0. The first-order chi connectivity index (χ1) is 8.08. The Bertz CT molecular complexity index is 381. The summed E-state index contributed by atoms with van der Waals surface area (Å²) in [6, 6.07) is 5.72. The third kappa shape index (κ3) is 3.71. The molecule has 0 fully saturated rings. The average Bonchev–Trinajstić information content (AvgIpc) is 2.37. The second kappa shape index (κ2) is 6.20. The monoisotopic (exact) mass is 236 g/mol. The summed E-state index contributed by atoms with van der Waals surface area (Å²) in [4.78, 5) is 17.8. The van der Waals surface area contributed by atoms with Gasteiger partial charge in [0.15, 0.2) is 0 Å². The number of anilines is 1.